The first-order chi connectivity index (χ1) is 11.1. The maximum atomic E-state index is 14.3. The molecular formula is C17H21FN4O. The third-order valence-corrected chi connectivity index (χ3v) is 4.23. The van der Waals surface area contributed by atoms with Gasteiger partial charge in [-0.15, -0.1) is 0 Å². The third kappa shape index (κ3) is 3.59. The summed E-state index contributed by atoms with van der Waals surface area (Å²) in [5, 5.41) is 6.12. The molecule has 3 rings (SSSR count). The molecule has 1 aliphatic heterocycles. The van der Waals surface area contributed by atoms with Gasteiger partial charge in [0.25, 0.3) is 0 Å². The number of piperidine rings is 1. The van der Waals surface area contributed by atoms with Crippen molar-refractivity contribution in [1.82, 2.24) is 20.2 Å². The lowest BCUT2D eigenvalue weighted by molar-refractivity contribution is -0.125. The minimum atomic E-state index is -0.322. The van der Waals surface area contributed by atoms with Gasteiger partial charge in [-0.1, -0.05) is 6.07 Å². The fourth-order valence-electron chi connectivity index (χ4n) is 2.90. The number of benzene rings is 1. The van der Waals surface area contributed by atoms with E-state index in [1.54, 1.807) is 23.0 Å². The summed E-state index contributed by atoms with van der Waals surface area (Å²) in [7, 11) is 0. The first kappa shape index (κ1) is 15.7. The highest BCUT2D eigenvalue weighted by atomic mass is 19.1. The van der Waals surface area contributed by atoms with Gasteiger partial charge in [-0.25, -0.2) is 9.37 Å². The normalized spacial score (nSPS) is 17.9. The van der Waals surface area contributed by atoms with Crippen molar-refractivity contribution in [3.05, 3.63) is 47.8 Å². The van der Waals surface area contributed by atoms with E-state index in [1.165, 1.54) is 6.07 Å². The van der Waals surface area contributed by atoms with Gasteiger partial charge in [0.15, 0.2) is 0 Å². The van der Waals surface area contributed by atoms with E-state index in [9.17, 15) is 9.18 Å². The molecule has 1 amide bonds. The average Bonchev–Trinajstić information content (AvgIpc) is 2.99. The highest BCUT2D eigenvalue weighted by Crippen LogP contribution is 2.17. The molecule has 1 aromatic carbocycles. The molecule has 23 heavy (non-hydrogen) atoms. The molecule has 1 atom stereocenters. The topological polar surface area (TPSA) is 59.0 Å². The van der Waals surface area contributed by atoms with Gasteiger partial charge in [0.05, 0.1) is 11.6 Å². The molecule has 2 heterocycles. The summed E-state index contributed by atoms with van der Waals surface area (Å²) >= 11 is 0. The lowest BCUT2D eigenvalue weighted by Crippen LogP contribution is -2.40. The Morgan fingerprint density at radius 1 is 1.52 bits per heavy atom. The molecule has 2 aromatic rings. The number of rotatable bonds is 4. The van der Waals surface area contributed by atoms with Crippen molar-refractivity contribution in [2.45, 2.75) is 26.3 Å². The zero-order valence-electron chi connectivity index (χ0n) is 13.2. The minimum Gasteiger partial charge on any atom is -0.352 e. The average molecular weight is 316 g/mol. The van der Waals surface area contributed by atoms with Gasteiger partial charge >= 0.3 is 0 Å². The SMILES string of the molecule is Cc1nccn1-c1ccc(CNC(=O)C2CCCNC2)cc1F. The first-order valence-corrected chi connectivity index (χ1v) is 7.92. The number of aryl methyl sites for hydroxylation is 1. The van der Waals surface area contributed by atoms with Gasteiger partial charge in [-0.05, 0) is 44.0 Å². The Kier molecular flexibility index (Phi) is 4.71. The number of halogens is 1. The number of imidazole rings is 1. The Labute approximate surface area is 134 Å². The number of nitrogens with one attached hydrogen (secondary N) is 2. The van der Waals surface area contributed by atoms with Crippen LogP contribution in [0, 0.1) is 18.7 Å². The van der Waals surface area contributed by atoms with Crippen molar-refractivity contribution >= 4 is 5.91 Å². The largest absolute Gasteiger partial charge is 0.352 e. The van der Waals surface area contributed by atoms with Crippen LogP contribution in [-0.2, 0) is 11.3 Å². The molecule has 0 aliphatic carbocycles. The number of hydrogen-bond acceptors (Lipinski definition) is 3. The molecule has 0 bridgehead atoms. The fraction of sp³-hybridized carbons (Fsp3) is 0.412. The van der Waals surface area contributed by atoms with Crippen LogP contribution < -0.4 is 10.6 Å². The smallest absolute Gasteiger partial charge is 0.224 e. The lowest BCUT2D eigenvalue weighted by Gasteiger charge is -2.21. The van der Waals surface area contributed by atoms with Crippen LogP contribution in [0.1, 0.15) is 24.2 Å². The summed E-state index contributed by atoms with van der Waals surface area (Å²) in [5.41, 5.74) is 1.22. The number of carbonyl (C=O) groups excluding carboxylic acids is 1. The minimum absolute atomic E-state index is 0.0152. The Morgan fingerprint density at radius 3 is 3.04 bits per heavy atom. The van der Waals surface area contributed by atoms with E-state index >= 15 is 0 Å². The molecule has 5 nitrogen and oxygen atoms in total. The molecule has 0 saturated carbocycles. The van der Waals surface area contributed by atoms with Crippen LogP contribution >= 0.6 is 0 Å². The summed E-state index contributed by atoms with van der Waals surface area (Å²) in [6.45, 7) is 3.87. The summed E-state index contributed by atoms with van der Waals surface area (Å²) in [4.78, 5) is 16.2. The van der Waals surface area contributed by atoms with Gasteiger partial charge in [0, 0.05) is 25.5 Å². The van der Waals surface area contributed by atoms with E-state index < -0.39 is 0 Å². The number of aromatic nitrogens is 2. The monoisotopic (exact) mass is 316 g/mol. The van der Waals surface area contributed by atoms with Crippen LogP contribution in [0.2, 0.25) is 0 Å². The molecular weight excluding hydrogens is 295 g/mol. The van der Waals surface area contributed by atoms with Crippen molar-refractivity contribution in [2.75, 3.05) is 13.1 Å². The van der Waals surface area contributed by atoms with Crippen LogP contribution in [0.3, 0.4) is 0 Å². The summed E-state index contributed by atoms with van der Waals surface area (Å²) in [6, 6.07) is 5.01. The van der Waals surface area contributed by atoms with Crippen LogP contribution in [0.5, 0.6) is 0 Å². The van der Waals surface area contributed by atoms with E-state index in [-0.39, 0.29) is 17.6 Å². The van der Waals surface area contributed by atoms with E-state index in [0.29, 0.717) is 12.2 Å². The predicted octanol–water partition coefficient (Wildman–Crippen LogP) is 1.94. The molecule has 2 N–H and O–H groups in total. The van der Waals surface area contributed by atoms with Gasteiger partial charge in [0.2, 0.25) is 5.91 Å². The van der Waals surface area contributed by atoms with Crippen LogP contribution in [-0.4, -0.2) is 28.5 Å². The van der Waals surface area contributed by atoms with Crippen molar-refractivity contribution in [3.8, 4) is 5.69 Å². The predicted molar refractivity (Wildman–Crippen MR) is 85.7 cm³/mol. The number of amides is 1. The van der Waals surface area contributed by atoms with Crippen molar-refractivity contribution in [2.24, 2.45) is 5.92 Å². The zero-order chi connectivity index (χ0) is 16.2. The molecule has 0 spiro atoms. The maximum Gasteiger partial charge on any atom is 0.224 e. The molecule has 122 valence electrons. The maximum absolute atomic E-state index is 14.3. The van der Waals surface area contributed by atoms with Crippen LogP contribution in [0.4, 0.5) is 4.39 Å². The first-order valence-electron chi connectivity index (χ1n) is 7.92. The second-order valence-corrected chi connectivity index (χ2v) is 5.89. The highest BCUT2D eigenvalue weighted by molar-refractivity contribution is 5.78. The van der Waals surface area contributed by atoms with Gasteiger partial charge < -0.3 is 15.2 Å². The molecule has 1 saturated heterocycles. The van der Waals surface area contributed by atoms with Crippen LogP contribution in [0.25, 0.3) is 5.69 Å². The van der Waals surface area contributed by atoms with E-state index in [0.717, 1.165) is 37.3 Å². The Bertz CT molecular complexity index is 692. The number of carbonyl (C=O) groups is 1. The molecule has 6 heteroatoms. The quantitative estimate of drug-likeness (QED) is 0.906. The summed E-state index contributed by atoms with van der Waals surface area (Å²) in [6.07, 6.45) is 5.30. The Hall–Kier alpha value is -2.21. The number of hydrogen-bond donors (Lipinski definition) is 2. The van der Waals surface area contributed by atoms with E-state index in [2.05, 4.69) is 15.6 Å². The number of nitrogens with zero attached hydrogens (tertiary/aromatic N) is 2. The van der Waals surface area contributed by atoms with Crippen molar-refractivity contribution in [1.29, 1.82) is 0 Å². The summed E-state index contributed by atoms with van der Waals surface area (Å²) < 4.78 is 16.0. The van der Waals surface area contributed by atoms with Gasteiger partial charge in [-0.2, -0.15) is 0 Å². The Morgan fingerprint density at radius 2 is 2.39 bits per heavy atom. The van der Waals surface area contributed by atoms with Gasteiger partial charge in [0.1, 0.15) is 11.6 Å². The van der Waals surface area contributed by atoms with E-state index in [1.807, 2.05) is 13.0 Å². The lowest BCUT2D eigenvalue weighted by atomic mass is 9.99. The molecule has 1 aromatic heterocycles. The van der Waals surface area contributed by atoms with Gasteiger partial charge in [-0.3, -0.25) is 4.79 Å². The zero-order valence-corrected chi connectivity index (χ0v) is 13.2. The standard InChI is InChI=1S/C17H21FN4O/c1-12-20-7-8-22(12)16-5-4-13(9-15(16)18)10-21-17(23)14-3-2-6-19-11-14/h4-5,7-9,14,19H,2-3,6,10-11H2,1H3,(H,21,23). The highest BCUT2D eigenvalue weighted by Gasteiger charge is 2.20. The second-order valence-electron chi connectivity index (χ2n) is 5.89. The summed E-state index contributed by atoms with van der Waals surface area (Å²) in [5.74, 6) is 0.459. The fourth-order valence-corrected chi connectivity index (χ4v) is 2.90. The van der Waals surface area contributed by atoms with Crippen molar-refractivity contribution < 1.29 is 9.18 Å². The third-order valence-electron chi connectivity index (χ3n) is 4.23. The van der Waals surface area contributed by atoms with E-state index in [4.69, 9.17) is 0 Å². The van der Waals surface area contributed by atoms with Crippen LogP contribution in [0.15, 0.2) is 30.6 Å². The molecule has 1 unspecified atom stereocenters. The molecule has 1 aliphatic rings. The van der Waals surface area contributed by atoms with Crippen molar-refractivity contribution in [3.63, 3.8) is 0 Å². The Balaban J connectivity index is 1.64. The second kappa shape index (κ2) is 6.91. The molecule has 1 fully saturated rings. The molecule has 0 radical (unpaired) electrons.